The fraction of sp³-hybridized carbons (Fsp3) is 0.250. The summed E-state index contributed by atoms with van der Waals surface area (Å²) >= 11 is 0. The molecule has 0 bridgehead atoms. The predicted molar refractivity (Wildman–Crippen MR) is 98.3 cm³/mol. The third-order valence-electron chi connectivity index (χ3n) is 5.21. The van der Waals surface area contributed by atoms with E-state index >= 15 is 0 Å². The number of hydrogen-bond donors (Lipinski definition) is 3. The molecule has 3 N–H and O–H groups in total. The highest BCUT2D eigenvalue weighted by Crippen LogP contribution is 2.45. The van der Waals surface area contributed by atoms with Crippen molar-refractivity contribution in [1.82, 2.24) is 9.97 Å². The van der Waals surface area contributed by atoms with Crippen molar-refractivity contribution in [2.45, 2.75) is 25.5 Å². The van der Waals surface area contributed by atoms with Crippen molar-refractivity contribution in [1.29, 1.82) is 0 Å². The first kappa shape index (κ1) is 16.8. The van der Waals surface area contributed by atoms with Crippen molar-refractivity contribution < 1.29 is 24.2 Å². The van der Waals surface area contributed by atoms with E-state index in [0.29, 0.717) is 17.2 Å². The number of amides is 1. The molecular formula is C20H17N3O5. The minimum atomic E-state index is -0.888. The molecule has 0 saturated heterocycles. The number of aromatic nitrogens is 2. The fourth-order valence-corrected chi connectivity index (χ4v) is 3.66. The van der Waals surface area contributed by atoms with E-state index in [1.54, 1.807) is 36.7 Å². The van der Waals surface area contributed by atoms with Crippen molar-refractivity contribution in [3.63, 3.8) is 0 Å². The third kappa shape index (κ3) is 2.45. The standard InChI is InChI=1S/C20H17N3O5/c24-8-12-4-6-15(28-12)17-16(18(25)10-1-2-10)19(26)20(27)23(17)11-3-5-13-14(7-11)22-9-21-13/h3-7,9-10,17,24,26H,1-2,8H2,(H,21,22). The summed E-state index contributed by atoms with van der Waals surface area (Å²) in [6.45, 7) is -0.303. The SMILES string of the molecule is O=C(C1=C(O)C(=O)N(c2ccc3nc[nH]c3c2)C1c1ccc(CO)o1)C1CC1. The molecule has 2 aliphatic rings. The summed E-state index contributed by atoms with van der Waals surface area (Å²) in [4.78, 5) is 34.3. The van der Waals surface area contributed by atoms with Crippen LogP contribution in [0.15, 0.2) is 52.4 Å². The van der Waals surface area contributed by atoms with Gasteiger partial charge in [-0.3, -0.25) is 14.5 Å². The van der Waals surface area contributed by atoms with Gasteiger partial charge in [-0.1, -0.05) is 0 Å². The Morgan fingerprint density at radius 1 is 1.29 bits per heavy atom. The van der Waals surface area contributed by atoms with Crippen LogP contribution in [0.25, 0.3) is 11.0 Å². The van der Waals surface area contributed by atoms with E-state index in [4.69, 9.17) is 4.42 Å². The van der Waals surface area contributed by atoms with E-state index in [-0.39, 0.29) is 23.9 Å². The number of nitrogens with zero attached hydrogens (tertiary/aromatic N) is 2. The number of fused-ring (bicyclic) bond motifs is 1. The maximum atomic E-state index is 12.9. The molecule has 1 aromatic carbocycles. The van der Waals surface area contributed by atoms with E-state index in [9.17, 15) is 19.8 Å². The number of aliphatic hydroxyl groups is 2. The number of imidazole rings is 1. The van der Waals surface area contributed by atoms with Crippen molar-refractivity contribution in [3.8, 4) is 0 Å². The van der Waals surface area contributed by atoms with Crippen LogP contribution in [0.1, 0.15) is 30.4 Å². The van der Waals surface area contributed by atoms with Crippen LogP contribution < -0.4 is 4.90 Å². The molecular weight excluding hydrogens is 362 g/mol. The molecule has 28 heavy (non-hydrogen) atoms. The number of hydrogen-bond acceptors (Lipinski definition) is 6. The number of rotatable bonds is 5. The van der Waals surface area contributed by atoms with Gasteiger partial charge in [0.05, 0.1) is 22.9 Å². The highest BCUT2D eigenvalue weighted by atomic mass is 16.4. The number of Topliss-reactive ketones (excluding diaryl/α,β-unsaturated/α-hetero) is 1. The highest BCUT2D eigenvalue weighted by Gasteiger charge is 2.49. The maximum absolute atomic E-state index is 12.9. The van der Waals surface area contributed by atoms with Crippen LogP contribution in [0.3, 0.4) is 0 Å². The molecule has 3 aromatic rings. The summed E-state index contributed by atoms with van der Waals surface area (Å²) in [5.41, 5.74) is 2.01. The summed E-state index contributed by atoms with van der Waals surface area (Å²) < 4.78 is 5.66. The number of ketones is 1. The zero-order valence-electron chi connectivity index (χ0n) is 14.8. The van der Waals surface area contributed by atoms with Crippen LogP contribution in [0, 0.1) is 5.92 Å². The molecule has 2 aromatic heterocycles. The third-order valence-corrected chi connectivity index (χ3v) is 5.21. The predicted octanol–water partition coefficient (Wildman–Crippen LogP) is 2.53. The van der Waals surface area contributed by atoms with E-state index in [2.05, 4.69) is 9.97 Å². The number of nitrogens with one attached hydrogen (secondary N) is 1. The van der Waals surface area contributed by atoms with Gasteiger partial charge in [-0.2, -0.15) is 0 Å². The molecule has 0 spiro atoms. The lowest BCUT2D eigenvalue weighted by molar-refractivity contribution is -0.118. The number of aliphatic hydroxyl groups excluding tert-OH is 2. The highest BCUT2D eigenvalue weighted by molar-refractivity contribution is 6.17. The topological polar surface area (TPSA) is 120 Å². The second kappa shape index (κ2) is 6.07. The van der Waals surface area contributed by atoms with Gasteiger partial charge in [-0.25, -0.2) is 4.98 Å². The van der Waals surface area contributed by atoms with Gasteiger partial charge in [0.15, 0.2) is 11.5 Å². The molecule has 8 heteroatoms. The van der Waals surface area contributed by atoms with Crippen LogP contribution in [0.4, 0.5) is 5.69 Å². The molecule has 0 radical (unpaired) electrons. The van der Waals surface area contributed by atoms with E-state index in [1.165, 1.54) is 4.90 Å². The van der Waals surface area contributed by atoms with Gasteiger partial charge >= 0.3 is 0 Å². The normalized spacial score (nSPS) is 19.8. The number of carbonyl (C=O) groups excluding carboxylic acids is 2. The smallest absolute Gasteiger partial charge is 0.294 e. The molecule has 1 aliphatic heterocycles. The number of H-pyrrole nitrogens is 1. The summed E-state index contributed by atoms with van der Waals surface area (Å²) in [6.07, 6.45) is 3.04. The van der Waals surface area contributed by atoms with Crippen LogP contribution in [0.2, 0.25) is 0 Å². The Labute approximate surface area is 159 Å². The van der Waals surface area contributed by atoms with Gasteiger partial charge in [0.25, 0.3) is 5.91 Å². The first-order chi connectivity index (χ1) is 13.6. The number of furan rings is 1. The summed E-state index contributed by atoms with van der Waals surface area (Å²) in [7, 11) is 0. The first-order valence-corrected chi connectivity index (χ1v) is 9.02. The van der Waals surface area contributed by atoms with Gasteiger partial charge in [-0.05, 0) is 43.2 Å². The average molecular weight is 379 g/mol. The fourth-order valence-electron chi connectivity index (χ4n) is 3.66. The quantitative estimate of drug-likeness (QED) is 0.627. The van der Waals surface area contributed by atoms with Gasteiger partial charge in [0, 0.05) is 11.6 Å². The monoisotopic (exact) mass is 379 g/mol. The molecule has 1 fully saturated rings. The van der Waals surface area contributed by atoms with Crippen LogP contribution >= 0.6 is 0 Å². The first-order valence-electron chi connectivity index (χ1n) is 9.02. The number of aromatic amines is 1. The van der Waals surface area contributed by atoms with Crippen molar-refractivity contribution in [2.24, 2.45) is 5.92 Å². The van der Waals surface area contributed by atoms with E-state index < -0.39 is 17.7 Å². The molecule has 5 rings (SSSR count). The Bertz CT molecular complexity index is 1140. The number of carbonyl (C=O) groups is 2. The lowest BCUT2D eigenvalue weighted by Gasteiger charge is -2.25. The second-order valence-corrected chi connectivity index (χ2v) is 7.04. The second-order valence-electron chi connectivity index (χ2n) is 7.04. The van der Waals surface area contributed by atoms with Crippen molar-refractivity contribution >= 4 is 28.4 Å². The largest absolute Gasteiger partial charge is 0.503 e. The minimum absolute atomic E-state index is 0.0519. The average Bonchev–Trinajstić information content (AvgIpc) is 3.16. The Kier molecular flexibility index (Phi) is 3.63. The summed E-state index contributed by atoms with van der Waals surface area (Å²) in [5.74, 6) is -0.979. The van der Waals surface area contributed by atoms with Crippen LogP contribution in [-0.4, -0.2) is 31.9 Å². The summed E-state index contributed by atoms with van der Waals surface area (Å²) in [5, 5.41) is 19.9. The Morgan fingerprint density at radius 3 is 2.82 bits per heavy atom. The summed E-state index contributed by atoms with van der Waals surface area (Å²) in [6, 6.07) is 7.52. The van der Waals surface area contributed by atoms with Crippen LogP contribution in [-0.2, 0) is 16.2 Å². The van der Waals surface area contributed by atoms with Gasteiger partial charge in [-0.15, -0.1) is 0 Å². The van der Waals surface area contributed by atoms with E-state index in [1.807, 2.05) is 0 Å². The molecule has 1 saturated carbocycles. The van der Waals surface area contributed by atoms with Gasteiger partial charge in [0.2, 0.25) is 0 Å². The Balaban J connectivity index is 1.65. The Hall–Kier alpha value is -3.39. The zero-order chi connectivity index (χ0) is 19.4. The number of benzene rings is 1. The lowest BCUT2D eigenvalue weighted by Crippen LogP contribution is -2.31. The minimum Gasteiger partial charge on any atom is -0.503 e. The number of anilines is 1. The lowest BCUT2D eigenvalue weighted by atomic mass is 9.98. The molecule has 1 amide bonds. The molecule has 1 unspecified atom stereocenters. The molecule has 1 atom stereocenters. The Morgan fingerprint density at radius 2 is 2.11 bits per heavy atom. The van der Waals surface area contributed by atoms with Gasteiger partial charge < -0.3 is 19.6 Å². The van der Waals surface area contributed by atoms with Crippen molar-refractivity contribution in [3.05, 3.63) is 59.5 Å². The molecule has 1 aliphatic carbocycles. The van der Waals surface area contributed by atoms with Gasteiger partial charge in [0.1, 0.15) is 24.2 Å². The van der Waals surface area contributed by atoms with Crippen molar-refractivity contribution in [2.75, 3.05) is 4.90 Å². The maximum Gasteiger partial charge on any atom is 0.294 e. The molecule has 3 heterocycles. The van der Waals surface area contributed by atoms with Crippen LogP contribution in [0.5, 0.6) is 0 Å². The molecule has 8 nitrogen and oxygen atoms in total. The van der Waals surface area contributed by atoms with E-state index in [0.717, 1.165) is 23.9 Å². The molecule has 142 valence electrons. The zero-order valence-corrected chi connectivity index (χ0v) is 14.8.